The molecular formula is C24H46O. The SMILES string of the molecule is CCCCCC(OC(CCCCC)C1(C)CCCC1)C1(C)CCCC1. The molecule has 2 aliphatic rings. The molecule has 2 atom stereocenters. The molecule has 0 aromatic rings. The fourth-order valence-electron chi connectivity index (χ4n) is 5.53. The summed E-state index contributed by atoms with van der Waals surface area (Å²) in [7, 11) is 0. The molecule has 0 aromatic carbocycles. The standard InChI is InChI=1S/C24H46O/c1-5-7-9-15-21(23(3)17-11-12-18-23)25-22(16-10-8-6-2)24(4)19-13-14-20-24/h21-22H,5-20H2,1-4H3. The smallest absolute Gasteiger partial charge is 0.0632 e. The highest BCUT2D eigenvalue weighted by molar-refractivity contribution is 4.93. The van der Waals surface area contributed by atoms with Crippen LogP contribution in [0.25, 0.3) is 0 Å². The zero-order valence-electron chi connectivity index (χ0n) is 17.9. The van der Waals surface area contributed by atoms with Crippen LogP contribution in [0.3, 0.4) is 0 Å². The largest absolute Gasteiger partial charge is 0.374 e. The van der Waals surface area contributed by atoms with E-state index >= 15 is 0 Å². The maximum absolute atomic E-state index is 7.12. The van der Waals surface area contributed by atoms with E-state index in [9.17, 15) is 0 Å². The molecule has 1 heteroatoms. The molecule has 2 saturated carbocycles. The van der Waals surface area contributed by atoms with Crippen molar-refractivity contribution in [3.8, 4) is 0 Å². The van der Waals surface area contributed by atoms with Crippen LogP contribution < -0.4 is 0 Å². The van der Waals surface area contributed by atoms with Crippen LogP contribution in [0.4, 0.5) is 0 Å². The highest BCUT2D eigenvalue weighted by Crippen LogP contribution is 2.48. The third-order valence-corrected chi connectivity index (χ3v) is 7.51. The summed E-state index contributed by atoms with van der Waals surface area (Å²) in [5.41, 5.74) is 0.900. The molecule has 0 amide bonds. The third kappa shape index (κ3) is 5.98. The molecule has 2 fully saturated rings. The van der Waals surface area contributed by atoms with Crippen molar-refractivity contribution in [1.82, 2.24) is 0 Å². The molecule has 0 radical (unpaired) electrons. The Balaban J connectivity index is 2.06. The number of hydrogen-bond donors (Lipinski definition) is 0. The van der Waals surface area contributed by atoms with E-state index in [1.165, 1.54) is 103 Å². The summed E-state index contributed by atoms with van der Waals surface area (Å²) in [5.74, 6) is 0. The maximum atomic E-state index is 7.12. The lowest BCUT2D eigenvalue weighted by Gasteiger charge is -2.42. The Labute approximate surface area is 158 Å². The van der Waals surface area contributed by atoms with Gasteiger partial charge >= 0.3 is 0 Å². The molecule has 2 rings (SSSR count). The van der Waals surface area contributed by atoms with E-state index in [2.05, 4.69) is 27.7 Å². The molecule has 0 aromatic heterocycles. The first-order chi connectivity index (χ1) is 12.0. The predicted molar refractivity (Wildman–Crippen MR) is 110 cm³/mol. The van der Waals surface area contributed by atoms with Gasteiger partial charge in [-0.1, -0.05) is 91.9 Å². The summed E-state index contributed by atoms with van der Waals surface area (Å²) >= 11 is 0. The molecule has 0 saturated heterocycles. The zero-order chi connectivity index (χ0) is 18.2. The van der Waals surface area contributed by atoms with E-state index in [1.807, 2.05) is 0 Å². The van der Waals surface area contributed by atoms with Crippen molar-refractivity contribution in [3.63, 3.8) is 0 Å². The lowest BCUT2D eigenvalue weighted by Crippen LogP contribution is -2.41. The van der Waals surface area contributed by atoms with Gasteiger partial charge in [-0.2, -0.15) is 0 Å². The van der Waals surface area contributed by atoms with Crippen LogP contribution in [0.2, 0.25) is 0 Å². The molecule has 2 aliphatic carbocycles. The van der Waals surface area contributed by atoms with Crippen molar-refractivity contribution in [1.29, 1.82) is 0 Å². The second-order valence-electron chi connectivity index (χ2n) is 9.83. The third-order valence-electron chi connectivity index (χ3n) is 7.51. The Bertz CT molecular complexity index is 315. The van der Waals surface area contributed by atoms with E-state index in [-0.39, 0.29) is 0 Å². The summed E-state index contributed by atoms with van der Waals surface area (Å²) in [6.45, 7) is 9.72. The van der Waals surface area contributed by atoms with Crippen molar-refractivity contribution < 1.29 is 4.74 Å². The summed E-state index contributed by atoms with van der Waals surface area (Å²) in [5, 5.41) is 0. The molecule has 148 valence electrons. The predicted octanol–water partition coefficient (Wildman–Crippen LogP) is 8.06. The molecule has 0 N–H and O–H groups in total. The lowest BCUT2D eigenvalue weighted by molar-refractivity contribution is -0.127. The number of hydrogen-bond acceptors (Lipinski definition) is 1. The van der Waals surface area contributed by atoms with E-state index in [0.717, 1.165) is 0 Å². The highest BCUT2D eigenvalue weighted by Gasteiger charge is 2.43. The number of ether oxygens (including phenoxy) is 1. The minimum atomic E-state index is 0.450. The minimum absolute atomic E-state index is 0.450. The Kier molecular flexibility index (Phi) is 8.79. The molecule has 0 bridgehead atoms. The average molecular weight is 351 g/mol. The van der Waals surface area contributed by atoms with Gasteiger partial charge in [-0.3, -0.25) is 0 Å². The average Bonchev–Trinajstić information content (AvgIpc) is 3.23. The summed E-state index contributed by atoms with van der Waals surface area (Å²) in [4.78, 5) is 0. The van der Waals surface area contributed by atoms with Gasteiger partial charge in [-0.05, 0) is 49.4 Å². The Morgan fingerprint density at radius 3 is 1.32 bits per heavy atom. The van der Waals surface area contributed by atoms with Crippen LogP contribution in [0.5, 0.6) is 0 Å². The van der Waals surface area contributed by atoms with E-state index in [1.54, 1.807) is 0 Å². The Morgan fingerprint density at radius 2 is 1.00 bits per heavy atom. The van der Waals surface area contributed by atoms with Crippen molar-refractivity contribution in [3.05, 3.63) is 0 Å². The van der Waals surface area contributed by atoms with Gasteiger partial charge in [-0.15, -0.1) is 0 Å². The van der Waals surface area contributed by atoms with Crippen LogP contribution in [-0.4, -0.2) is 12.2 Å². The zero-order valence-corrected chi connectivity index (χ0v) is 17.9. The maximum Gasteiger partial charge on any atom is 0.0632 e. The van der Waals surface area contributed by atoms with Crippen LogP contribution in [0.15, 0.2) is 0 Å². The van der Waals surface area contributed by atoms with Crippen molar-refractivity contribution in [2.45, 2.75) is 143 Å². The molecule has 2 unspecified atom stereocenters. The van der Waals surface area contributed by atoms with Gasteiger partial charge in [0.05, 0.1) is 12.2 Å². The molecule has 1 nitrogen and oxygen atoms in total. The molecule has 25 heavy (non-hydrogen) atoms. The van der Waals surface area contributed by atoms with E-state index in [4.69, 9.17) is 4.74 Å². The van der Waals surface area contributed by atoms with Gasteiger partial charge in [0.1, 0.15) is 0 Å². The van der Waals surface area contributed by atoms with Crippen molar-refractivity contribution in [2.24, 2.45) is 10.8 Å². The van der Waals surface area contributed by atoms with Crippen LogP contribution in [-0.2, 0) is 4.74 Å². The molecule has 0 spiro atoms. The van der Waals surface area contributed by atoms with E-state index < -0.39 is 0 Å². The monoisotopic (exact) mass is 350 g/mol. The summed E-state index contributed by atoms with van der Waals surface area (Å²) in [6, 6.07) is 0. The molecule has 0 aliphatic heterocycles. The molecular weight excluding hydrogens is 304 g/mol. The van der Waals surface area contributed by atoms with Gasteiger partial charge < -0.3 is 4.74 Å². The van der Waals surface area contributed by atoms with Gasteiger partial charge in [0.25, 0.3) is 0 Å². The van der Waals surface area contributed by atoms with Gasteiger partial charge in [0, 0.05) is 0 Å². The number of rotatable bonds is 12. The second kappa shape index (κ2) is 10.3. The summed E-state index contributed by atoms with van der Waals surface area (Å²) < 4.78 is 7.12. The highest BCUT2D eigenvalue weighted by atomic mass is 16.5. The van der Waals surface area contributed by atoms with Crippen molar-refractivity contribution >= 4 is 0 Å². The Hall–Kier alpha value is -0.0400. The van der Waals surface area contributed by atoms with Crippen LogP contribution >= 0.6 is 0 Å². The lowest BCUT2D eigenvalue weighted by atomic mass is 9.77. The fourth-order valence-corrected chi connectivity index (χ4v) is 5.53. The topological polar surface area (TPSA) is 9.23 Å². The Morgan fingerprint density at radius 1 is 0.640 bits per heavy atom. The minimum Gasteiger partial charge on any atom is -0.374 e. The first kappa shape index (κ1) is 21.3. The first-order valence-electron chi connectivity index (χ1n) is 11.7. The van der Waals surface area contributed by atoms with Gasteiger partial charge in [-0.25, -0.2) is 0 Å². The molecule has 0 heterocycles. The van der Waals surface area contributed by atoms with Gasteiger partial charge in [0.2, 0.25) is 0 Å². The second-order valence-corrected chi connectivity index (χ2v) is 9.83. The van der Waals surface area contributed by atoms with Crippen molar-refractivity contribution in [2.75, 3.05) is 0 Å². The first-order valence-corrected chi connectivity index (χ1v) is 11.7. The normalized spacial score (nSPS) is 24.5. The summed E-state index contributed by atoms with van der Waals surface area (Å²) in [6.07, 6.45) is 22.9. The number of unbranched alkanes of at least 4 members (excludes halogenated alkanes) is 4. The van der Waals surface area contributed by atoms with Crippen LogP contribution in [0, 0.1) is 10.8 Å². The van der Waals surface area contributed by atoms with Gasteiger partial charge in [0.15, 0.2) is 0 Å². The quantitative estimate of drug-likeness (QED) is 0.323. The van der Waals surface area contributed by atoms with E-state index in [0.29, 0.717) is 23.0 Å². The fraction of sp³-hybridized carbons (Fsp3) is 1.00. The van der Waals surface area contributed by atoms with Crippen LogP contribution in [0.1, 0.15) is 130 Å².